The first-order valence-electron chi connectivity index (χ1n) is 15.3. The molecule has 2 aliphatic rings. The number of hydrogen-bond donors (Lipinski definition) is 1. The molecule has 13 heteroatoms. The first kappa shape index (κ1) is 29.6. The van der Waals surface area contributed by atoms with Crippen molar-refractivity contribution in [3.8, 4) is 27.9 Å². The summed E-state index contributed by atoms with van der Waals surface area (Å²) in [5, 5.41) is 39.7. The van der Waals surface area contributed by atoms with E-state index in [-0.39, 0.29) is 23.3 Å². The number of carbonyl (C=O) groups is 2. The Balaban J connectivity index is 1.21. The van der Waals surface area contributed by atoms with Crippen LogP contribution >= 0.6 is 11.6 Å². The zero-order valence-electron chi connectivity index (χ0n) is 24.8. The van der Waals surface area contributed by atoms with E-state index < -0.39 is 12.0 Å². The number of aromatic nitrogens is 7. The maximum Gasteiger partial charge on any atom is 0.335 e. The Morgan fingerprint density at radius 3 is 2.52 bits per heavy atom. The number of hydrogen-bond acceptors (Lipinski definition) is 7. The Bertz CT molecular complexity index is 1890. The Morgan fingerprint density at radius 1 is 1.02 bits per heavy atom. The minimum atomic E-state index is -0.994. The van der Waals surface area contributed by atoms with Crippen LogP contribution in [0.5, 0.6) is 0 Å². The Labute approximate surface area is 269 Å². The third-order valence-corrected chi connectivity index (χ3v) is 9.21. The van der Waals surface area contributed by atoms with Gasteiger partial charge in [-0.1, -0.05) is 23.7 Å². The smallest absolute Gasteiger partial charge is 0.335 e. The molecule has 12 nitrogen and oxygen atoms in total. The van der Waals surface area contributed by atoms with Crippen LogP contribution in [0.3, 0.4) is 0 Å². The minimum Gasteiger partial charge on any atom is -0.618 e. The van der Waals surface area contributed by atoms with Gasteiger partial charge < -0.3 is 15.2 Å². The fourth-order valence-electron chi connectivity index (χ4n) is 6.39. The third-order valence-electron chi connectivity index (χ3n) is 8.97. The van der Waals surface area contributed by atoms with E-state index >= 15 is 0 Å². The van der Waals surface area contributed by atoms with Crippen LogP contribution < -0.4 is 4.73 Å². The molecule has 2 fully saturated rings. The molecule has 5 aromatic rings. The van der Waals surface area contributed by atoms with Crippen LogP contribution in [0.25, 0.3) is 27.9 Å². The third kappa shape index (κ3) is 5.95. The van der Waals surface area contributed by atoms with E-state index in [1.165, 1.54) is 17.2 Å². The van der Waals surface area contributed by atoms with Gasteiger partial charge in [-0.15, -0.1) is 5.10 Å². The number of pyridine rings is 1. The van der Waals surface area contributed by atoms with Gasteiger partial charge in [-0.25, -0.2) is 4.79 Å². The summed E-state index contributed by atoms with van der Waals surface area (Å²) in [4.78, 5) is 26.6. The standard InChI is InChI=1S/C33H31ClN8O4/c34-26-9-11-29(41-20-35-37-38-41)27(16-26)23-8-10-30(42(46)19-23)31(15-24-14-28(24)32(43)39-12-2-1-3-13-39)40-18-25(17-36-40)21-4-6-22(7-5-21)33(44)45/h4-11,16-20,24,28,31H,1-3,12-15H2,(H,44,45)/t24-,28-,31?/m0/s1. The molecule has 2 aromatic carbocycles. The fraction of sp³-hybridized carbons (Fsp3) is 0.303. The highest BCUT2D eigenvalue weighted by molar-refractivity contribution is 6.31. The predicted octanol–water partition coefficient (Wildman–Crippen LogP) is 4.81. The summed E-state index contributed by atoms with van der Waals surface area (Å²) in [6.45, 7) is 1.62. The highest BCUT2D eigenvalue weighted by Crippen LogP contribution is 2.46. The summed E-state index contributed by atoms with van der Waals surface area (Å²) in [7, 11) is 0. The number of halogens is 1. The zero-order chi connectivity index (χ0) is 31.8. The van der Waals surface area contributed by atoms with E-state index in [9.17, 15) is 19.9 Å². The number of carbonyl (C=O) groups excluding carboxylic acids is 1. The van der Waals surface area contributed by atoms with E-state index in [2.05, 4.69) is 20.6 Å². The van der Waals surface area contributed by atoms with Crippen LogP contribution in [-0.4, -0.2) is 65.0 Å². The van der Waals surface area contributed by atoms with Crippen LogP contribution in [0.1, 0.15) is 54.2 Å². The van der Waals surface area contributed by atoms with Gasteiger partial charge in [0.05, 0.1) is 17.4 Å². The van der Waals surface area contributed by atoms with Gasteiger partial charge in [0.1, 0.15) is 12.4 Å². The maximum absolute atomic E-state index is 13.8. The highest BCUT2D eigenvalue weighted by atomic mass is 35.5. The van der Waals surface area contributed by atoms with Gasteiger partial charge in [0.15, 0.2) is 6.20 Å². The number of nitrogens with zero attached hydrogens (tertiary/aromatic N) is 8. The first-order chi connectivity index (χ1) is 22.4. The molecule has 1 saturated heterocycles. The Morgan fingerprint density at radius 2 is 1.80 bits per heavy atom. The first-order valence-corrected chi connectivity index (χ1v) is 15.7. The predicted molar refractivity (Wildman–Crippen MR) is 168 cm³/mol. The SMILES string of the molecule is O=C(O)c1ccc(-c2cnn(C(C[C@@H]3C[C@@H]3C(=O)N3CCCCC3)c3ccc(-c4cc(Cl)ccc4-n4cnnn4)c[n+]3[O-])c2)cc1. The van der Waals surface area contributed by atoms with Crippen molar-refractivity contribution >= 4 is 23.5 Å². The molecule has 1 aliphatic carbocycles. The monoisotopic (exact) mass is 638 g/mol. The molecule has 0 radical (unpaired) electrons. The lowest BCUT2D eigenvalue weighted by atomic mass is 10.0. The molecule has 1 unspecified atom stereocenters. The van der Waals surface area contributed by atoms with Crippen LogP contribution in [0.15, 0.2) is 79.5 Å². The second kappa shape index (κ2) is 12.4. The number of rotatable bonds is 9. The Hall–Kier alpha value is -5.10. The normalized spacial score (nSPS) is 18.3. The van der Waals surface area contributed by atoms with Gasteiger partial charge in [-0.3, -0.25) is 9.48 Å². The number of piperidine rings is 1. The molecule has 0 spiro atoms. The molecular formula is C33H31ClN8O4. The van der Waals surface area contributed by atoms with Gasteiger partial charge >= 0.3 is 5.97 Å². The van der Waals surface area contributed by atoms with Crippen molar-refractivity contribution in [3.05, 3.63) is 101 Å². The van der Waals surface area contributed by atoms with Crippen molar-refractivity contribution in [3.63, 3.8) is 0 Å². The van der Waals surface area contributed by atoms with Crippen molar-refractivity contribution < 1.29 is 19.4 Å². The molecule has 0 bridgehead atoms. The van der Waals surface area contributed by atoms with Crippen molar-refractivity contribution in [2.75, 3.05) is 13.1 Å². The van der Waals surface area contributed by atoms with Crippen molar-refractivity contribution in [1.29, 1.82) is 0 Å². The van der Waals surface area contributed by atoms with Gasteiger partial charge in [-0.2, -0.15) is 14.5 Å². The summed E-state index contributed by atoms with van der Waals surface area (Å²) in [6, 6.07) is 15.1. The lowest BCUT2D eigenvalue weighted by Crippen LogP contribution is -2.37. The number of carboxylic acids is 1. The molecule has 7 rings (SSSR count). The van der Waals surface area contributed by atoms with Crippen LogP contribution in [0.4, 0.5) is 0 Å². The van der Waals surface area contributed by atoms with Crippen molar-refractivity contribution in [2.45, 2.75) is 38.1 Å². The second-order valence-electron chi connectivity index (χ2n) is 11.9. The molecular weight excluding hydrogens is 608 g/mol. The van der Waals surface area contributed by atoms with E-state index in [1.54, 1.807) is 59.4 Å². The quantitative estimate of drug-likeness (QED) is 0.179. The van der Waals surface area contributed by atoms with E-state index in [1.807, 2.05) is 17.2 Å². The number of carboxylic acid groups (broad SMARTS) is 1. The summed E-state index contributed by atoms with van der Waals surface area (Å²) in [5.41, 5.74) is 4.27. The highest BCUT2D eigenvalue weighted by Gasteiger charge is 2.47. The zero-order valence-corrected chi connectivity index (χ0v) is 25.6. The van der Waals surface area contributed by atoms with Gasteiger partial charge in [0.25, 0.3) is 0 Å². The molecule has 234 valence electrons. The number of likely N-dealkylation sites (tertiary alicyclic amines) is 1. The van der Waals surface area contributed by atoms with E-state index in [0.29, 0.717) is 34.0 Å². The minimum absolute atomic E-state index is 0.0520. The lowest BCUT2D eigenvalue weighted by molar-refractivity contribution is -0.615. The molecule has 4 heterocycles. The van der Waals surface area contributed by atoms with Gasteiger partial charge in [0.2, 0.25) is 11.6 Å². The molecule has 1 amide bonds. The molecule has 1 aliphatic heterocycles. The van der Waals surface area contributed by atoms with Crippen LogP contribution in [0.2, 0.25) is 5.02 Å². The average Bonchev–Trinajstić information content (AvgIpc) is 3.40. The van der Waals surface area contributed by atoms with E-state index in [0.717, 1.165) is 54.6 Å². The summed E-state index contributed by atoms with van der Waals surface area (Å²) in [6.07, 6.45) is 11.2. The number of tetrazole rings is 1. The lowest BCUT2D eigenvalue weighted by Gasteiger charge is -2.27. The summed E-state index contributed by atoms with van der Waals surface area (Å²) in [5.74, 6) is -0.707. The topological polar surface area (TPSA) is 146 Å². The largest absolute Gasteiger partial charge is 0.618 e. The molecule has 46 heavy (non-hydrogen) atoms. The van der Waals surface area contributed by atoms with Gasteiger partial charge in [0, 0.05) is 53.0 Å². The molecule has 1 saturated carbocycles. The van der Waals surface area contributed by atoms with Crippen molar-refractivity contribution in [1.82, 2.24) is 34.9 Å². The van der Waals surface area contributed by atoms with Gasteiger partial charge in [-0.05, 0) is 90.4 Å². The average molecular weight is 639 g/mol. The number of aromatic carboxylic acids is 1. The fourth-order valence-corrected chi connectivity index (χ4v) is 6.57. The number of benzene rings is 2. The van der Waals surface area contributed by atoms with Crippen LogP contribution in [-0.2, 0) is 4.79 Å². The maximum atomic E-state index is 13.8. The van der Waals surface area contributed by atoms with Crippen LogP contribution in [0, 0.1) is 17.0 Å². The molecule has 1 N–H and O–H groups in total. The van der Waals surface area contributed by atoms with E-state index in [4.69, 9.17) is 11.6 Å². The number of amides is 1. The van der Waals surface area contributed by atoms with Crippen molar-refractivity contribution in [2.24, 2.45) is 11.8 Å². The summed E-state index contributed by atoms with van der Waals surface area (Å²) < 4.78 is 4.14. The Kier molecular flexibility index (Phi) is 7.95. The summed E-state index contributed by atoms with van der Waals surface area (Å²) >= 11 is 6.35. The molecule has 3 aromatic heterocycles. The second-order valence-corrected chi connectivity index (χ2v) is 12.4. The molecule has 3 atom stereocenters.